The first-order valence-electron chi connectivity index (χ1n) is 10.5. The van der Waals surface area contributed by atoms with Crippen molar-refractivity contribution < 1.29 is 0 Å². The number of rotatable bonds is 9. The number of hydrogen-bond donors (Lipinski definition) is 2. The summed E-state index contributed by atoms with van der Waals surface area (Å²) in [7, 11) is 0. The number of nitrogens with one attached hydrogen (secondary N) is 2. The molecule has 1 saturated heterocycles. The summed E-state index contributed by atoms with van der Waals surface area (Å²) in [4.78, 5) is 23.9. The number of anilines is 1. The maximum absolute atomic E-state index is 4.67. The Balaban J connectivity index is 1.35. The fourth-order valence-electron chi connectivity index (χ4n) is 3.21. The summed E-state index contributed by atoms with van der Waals surface area (Å²) in [5.41, 5.74) is 0. The summed E-state index contributed by atoms with van der Waals surface area (Å²) < 4.78 is 0. The molecule has 29 heavy (non-hydrogen) atoms. The molecule has 158 valence electrons. The molecule has 2 aromatic rings. The standard InChI is InChI=1S/C20H32N8S/c1-3-17-15-25-18(29-17)16-26-19(21-4-2)22-9-6-10-27-11-13-28(14-12-27)20-23-7-5-8-24-20/h5,7-8,15H,3-4,6,9-14,16H2,1-2H3,(H2,21,22,26). The van der Waals surface area contributed by atoms with Crippen LogP contribution in [-0.2, 0) is 13.0 Å². The van der Waals surface area contributed by atoms with Crippen LogP contribution in [0.15, 0.2) is 29.6 Å². The number of hydrogen-bond acceptors (Lipinski definition) is 7. The molecular weight excluding hydrogens is 384 g/mol. The number of aliphatic imine (C=N–C) groups is 1. The van der Waals surface area contributed by atoms with Gasteiger partial charge in [-0.2, -0.15) is 0 Å². The predicted octanol–water partition coefficient (Wildman–Crippen LogP) is 1.76. The van der Waals surface area contributed by atoms with Crippen LogP contribution in [0, 0.1) is 0 Å². The molecule has 1 fully saturated rings. The summed E-state index contributed by atoms with van der Waals surface area (Å²) in [6, 6.07) is 1.86. The maximum atomic E-state index is 4.67. The van der Waals surface area contributed by atoms with Crippen molar-refractivity contribution >= 4 is 23.2 Å². The molecule has 1 aliphatic rings. The van der Waals surface area contributed by atoms with Gasteiger partial charge in [-0.1, -0.05) is 6.92 Å². The molecule has 3 rings (SSSR count). The predicted molar refractivity (Wildman–Crippen MR) is 120 cm³/mol. The van der Waals surface area contributed by atoms with Crippen LogP contribution in [0.25, 0.3) is 0 Å². The number of guanidine groups is 1. The molecule has 0 bridgehead atoms. The Morgan fingerprint density at radius 1 is 1.10 bits per heavy atom. The van der Waals surface area contributed by atoms with E-state index < -0.39 is 0 Å². The monoisotopic (exact) mass is 416 g/mol. The van der Waals surface area contributed by atoms with E-state index in [2.05, 4.69) is 54.2 Å². The molecule has 0 unspecified atom stereocenters. The Bertz CT molecular complexity index is 740. The van der Waals surface area contributed by atoms with Crippen LogP contribution in [0.1, 0.15) is 30.2 Å². The minimum absolute atomic E-state index is 0.628. The third-order valence-electron chi connectivity index (χ3n) is 4.82. The van der Waals surface area contributed by atoms with E-state index in [-0.39, 0.29) is 0 Å². The second-order valence-corrected chi connectivity index (χ2v) is 8.13. The van der Waals surface area contributed by atoms with Crippen molar-refractivity contribution in [2.24, 2.45) is 4.99 Å². The van der Waals surface area contributed by atoms with E-state index in [1.54, 1.807) is 23.7 Å². The topological polar surface area (TPSA) is 81.6 Å². The second kappa shape index (κ2) is 11.7. The first-order valence-corrected chi connectivity index (χ1v) is 11.3. The van der Waals surface area contributed by atoms with E-state index in [1.165, 1.54) is 4.88 Å². The van der Waals surface area contributed by atoms with Gasteiger partial charge in [0.1, 0.15) is 5.01 Å². The van der Waals surface area contributed by atoms with Gasteiger partial charge in [0.2, 0.25) is 5.95 Å². The number of piperazine rings is 1. The van der Waals surface area contributed by atoms with Crippen LogP contribution < -0.4 is 15.5 Å². The SMILES string of the molecule is CCNC(=NCc1ncc(CC)s1)NCCCN1CCN(c2ncccn2)CC1. The molecule has 0 radical (unpaired) electrons. The second-order valence-electron chi connectivity index (χ2n) is 6.93. The number of thiazole rings is 1. The zero-order valence-electron chi connectivity index (χ0n) is 17.5. The van der Waals surface area contributed by atoms with Crippen molar-refractivity contribution in [2.75, 3.05) is 50.7 Å². The molecule has 0 atom stereocenters. The Labute approximate surface area is 177 Å². The van der Waals surface area contributed by atoms with Gasteiger partial charge in [-0.15, -0.1) is 11.3 Å². The lowest BCUT2D eigenvalue weighted by atomic mass is 10.3. The van der Waals surface area contributed by atoms with Crippen LogP contribution in [0.2, 0.25) is 0 Å². The summed E-state index contributed by atoms with van der Waals surface area (Å²) in [6.45, 7) is 11.8. The first kappa shape index (κ1) is 21.4. The van der Waals surface area contributed by atoms with Crippen LogP contribution >= 0.6 is 11.3 Å². The Morgan fingerprint density at radius 2 is 1.90 bits per heavy atom. The van der Waals surface area contributed by atoms with Crippen molar-refractivity contribution in [2.45, 2.75) is 33.2 Å². The zero-order chi connectivity index (χ0) is 20.3. The highest BCUT2D eigenvalue weighted by Gasteiger charge is 2.18. The van der Waals surface area contributed by atoms with Crippen molar-refractivity contribution in [3.05, 3.63) is 34.5 Å². The average Bonchev–Trinajstić information content (AvgIpc) is 3.24. The summed E-state index contributed by atoms with van der Waals surface area (Å²) in [5, 5.41) is 7.83. The summed E-state index contributed by atoms with van der Waals surface area (Å²) >= 11 is 1.75. The highest BCUT2D eigenvalue weighted by atomic mass is 32.1. The van der Waals surface area contributed by atoms with Gasteiger partial charge in [-0.05, 0) is 32.4 Å². The van der Waals surface area contributed by atoms with Crippen molar-refractivity contribution in [1.82, 2.24) is 30.5 Å². The van der Waals surface area contributed by atoms with E-state index in [4.69, 9.17) is 0 Å². The Morgan fingerprint density at radius 3 is 2.59 bits per heavy atom. The van der Waals surface area contributed by atoms with Gasteiger partial charge in [0.15, 0.2) is 5.96 Å². The van der Waals surface area contributed by atoms with Crippen LogP contribution in [0.3, 0.4) is 0 Å². The maximum Gasteiger partial charge on any atom is 0.225 e. The molecule has 1 aliphatic heterocycles. The van der Waals surface area contributed by atoms with Crippen LogP contribution in [0.5, 0.6) is 0 Å². The highest BCUT2D eigenvalue weighted by Crippen LogP contribution is 2.14. The van der Waals surface area contributed by atoms with Crippen LogP contribution in [-0.4, -0.2) is 71.6 Å². The smallest absolute Gasteiger partial charge is 0.225 e. The van der Waals surface area contributed by atoms with Crippen molar-refractivity contribution in [3.63, 3.8) is 0 Å². The van der Waals surface area contributed by atoms with Gasteiger partial charge >= 0.3 is 0 Å². The lowest BCUT2D eigenvalue weighted by Gasteiger charge is -2.34. The number of nitrogens with zero attached hydrogens (tertiary/aromatic N) is 6. The molecular formula is C20H32N8S. The minimum Gasteiger partial charge on any atom is -0.357 e. The van der Waals surface area contributed by atoms with E-state index in [9.17, 15) is 0 Å². The lowest BCUT2D eigenvalue weighted by Crippen LogP contribution is -2.47. The fourth-order valence-corrected chi connectivity index (χ4v) is 4.00. The van der Waals surface area contributed by atoms with E-state index in [0.717, 1.165) is 75.6 Å². The molecule has 0 spiro atoms. The summed E-state index contributed by atoms with van der Waals surface area (Å²) in [6.07, 6.45) is 7.69. The lowest BCUT2D eigenvalue weighted by molar-refractivity contribution is 0.254. The number of aromatic nitrogens is 3. The normalized spacial score (nSPS) is 15.5. The molecule has 0 aromatic carbocycles. The zero-order valence-corrected chi connectivity index (χ0v) is 18.3. The average molecular weight is 417 g/mol. The molecule has 0 amide bonds. The Hall–Kier alpha value is -2.26. The Kier molecular flexibility index (Phi) is 8.63. The minimum atomic E-state index is 0.628. The third-order valence-corrected chi connectivity index (χ3v) is 5.94. The van der Waals surface area contributed by atoms with Crippen molar-refractivity contribution in [1.29, 1.82) is 0 Å². The quantitative estimate of drug-likeness (QED) is 0.366. The molecule has 8 nitrogen and oxygen atoms in total. The number of aryl methyl sites for hydroxylation is 1. The summed E-state index contributed by atoms with van der Waals surface area (Å²) in [5.74, 6) is 1.71. The molecule has 0 aliphatic carbocycles. The van der Waals surface area contributed by atoms with Gasteiger partial charge in [-0.25, -0.2) is 19.9 Å². The van der Waals surface area contributed by atoms with E-state index in [0.29, 0.717) is 6.54 Å². The highest BCUT2D eigenvalue weighted by molar-refractivity contribution is 7.11. The van der Waals surface area contributed by atoms with Gasteiger partial charge in [-0.3, -0.25) is 4.90 Å². The third kappa shape index (κ3) is 6.93. The first-order chi connectivity index (χ1) is 14.3. The van der Waals surface area contributed by atoms with Crippen LogP contribution in [0.4, 0.5) is 5.95 Å². The molecule has 3 heterocycles. The van der Waals surface area contributed by atoms with Gasteiger partial charge in [0, 0.05) is 62.7 Å². The molecule has 2 N–H and O–H groups in total. The van der Waals surface area contributed by atoms with Gasteiger partial charge in [0.05, 0.1) is 6.54 Å². The molecule has 2 aromatic heterocycles. The molecule has 9 heteroatoms. The van der Waals surface area contributed by atoms with Gasteiger partial charge in [0.25, 0.3) is 0 Å². The van der Waals surface area contributed by atoms with E-state index >= 15 is 0 Å². The largest absolute Gasteiger partial charge is 0.357 e. The van der Waals surface area contributed by atoms with Gasteiger partial charge < -0.3 is 15.5 Å². The molecule has 0 saturated carbocycles. The fraction of sp³-hybridized carbons (Fsp3) is 0.600. The van der Waals surface area contributed by atoms with Crippen molar-refractivity contribution in [3.8, 4) is 0 Å². The van der Waals surface area contributed by atoms with E-state index in [1.807, 2.05) is 12.3 Å².